The molecule has 4 rings (SSSR count). The maximum Gasteiger partial charge on any atom is 0.257 e. The molecule has 1 amide bonds. The van der Waals surface area contributed by atoms with Gasteiger partial charge < -0.3 is 10.3 Å². The van der Waals surface area contributed by atoms with Crippen LogP contribution in [0.1, 0.15) is 10.4 Å². The Morgan fingerprint density at radius 3 is 2.71 bits per heavy atom. The summed E-state index contributed by atoms with van der Waals surface area (Å²) in [5.74, 6) is 0.270. The number of anilines is 1. The topological polar surface area (TPSA) is 86.5 Å². The molecule has 24 heavy (non-hydrogen) atoms. The number of para-hydroxylation sites is 2. The molecule has 0 fully saturated rings. The SMILES string of the molecule is O=C(Nc1c[nH]nc1-c1nc2ccccc2[nH]1)c1ccccc1Cl. The van der Waals surface area contributed by atoms with Crippen LogP contribution >= 0.6 is 11.6 Å². The molecule has 118 valence electrons. The van der Waals surface area contributed by atoms with Gasteiger partial charge in [-0.15, -0.1) is 0 Å². The maximum atomic E-state index is 12.4. The number of amides is 1. The average Bonchev–Trinajstić information content (AvgIpc) is 3.21. The highest BCUT2D eigenvalue weighted by molar-refractivity contribution is 6.34. The summed E-state index contributed by atoms with van der Waals surface area (Å²) in [5.41, 5.74) is 3.19. The number of benzene rings is 2. The van der Waals surface area contributed by atoms with Gasteiger partial charge >= 0.3 is 0 Å². The summed E-state index contributed by atoms with van der Waals surface area (Å²) in [5, 5.41) is 10.1. The number of fused-ring (bicyclic) bond motifs is 1. The van der Waals surface area contributed by atoms with Crippen molar-refractivity contribution in [1.82, 2.24) is 20.2 Å². The molecule has 0 aliphatic carbocycles. The van der Waals surface area contributed by atoms with Crippen molar-refractivity contribution in [3.8, 4) is 11.5 Å². The van der Waals surface area contributed by atoms with E-state index in [4.69, 9.17) is 11.6 Å². The third kappa shape index (κ3) is 2.53. The third-order valence-corrected chi connectivity index (χ3v) is 3.95. The lowest BCUT2D eigenvalue weighted by molar-refractivity contribution is 0.102. The van der Waals surface area contributed by atoms with Crippen LogP contribution in [0.15, 0.2) is 54.7 Å². The summed E-state index contributed by atoms with van der Waals surface area (Å²) in [6.07, 6.45) is 1.61. The Morgan fingerprint density at radius 1 is 1.08 bits per heavy atom. The maximum absolute atomic E-state index is 12.4. The fourth-order valence-corrected chi connectivity index (χ4v) is 2.69. The minimum atomic E-state index is -0.306. The van der Waals surface area contributed by atoms with Crippen LogP contribution in [0.2, 0.25) is 5.02 Å². The van der Waals surface area contributed by atoms with E-state index in [2.05, 4.69) is 25.5 Å². The second-order valence-electron chi connectivity index (χ2n) is 5.18. The highest BCUT2D eigenvalue weighted by atomic mass is 35.5. The van der Waals surface area contributed by atoms with Crippen LogP contribution in [-0.4, -0.2) is 26.1 Å². The number of H-pyrrole nitrogens is 2. The van der Waals surface area contributed by atoms with Gasteiger partial charge in [-0.3, -0.25) is 9.89 Å². The molecular formula is C17H12ClN5O. The van der Waals surface area contributed by atoms with Crippen LogP contribution in [0.25, 0.3) is 22.6 Å². The van der Waals surface area contributed by atoms with Gasteiger partial charge in [0, 0.05) is 6.20 Å². The van der Waals surface area contributed by atoms with E-state index in [1.165, 1.54) is 0 Å². The van der Waals surface area contributed by atoms with Gasteiger partial charge in [-0.1, -0.05) is 35.9 Å². The van der Waals surface area contributed by atoms with Crippen molar-refractivity contribution in [1.29, 1.82) is 0 Å². The number of carbonyl (C=O) groups excluding carboxylic acids is 1. The van der Waals surface area contributed by atoms with Gasteiger partial charge in [-0.05, 0) is 24.3 Å². The summed E-state index contributed by atoms with van der Waals surface area (Å²) in [4.78, 5) is 20.1. The lowest BCUT2D eigenvalue weighted by Gasteiger charge is -2.05. The number of hydrogen-bond donors (Lipinski definition) is 3. The lowest BCUT2D eigenvalue weighted by Crippen LogP contribution is -2.12. The molecular weight excluding hydrogens is 326 g/mol. The van der Waals surface area contributed by atoms with Crippen molar-refractivity contribution in [3.05, 3.63) is 65.3 Å². The van der Waals surface area contributed by atoms with Crippen LogP contribution in [0.4, 0.5) is 5.69 Å². The van der Waals surface area contributed by atoms with Crippen molar-refractivity contribution < 1.29 is 4.79 Å². The van der Waals surface area contributed by atoms with Gasteiger partial charge in [-0.25, -0.2) is 4.98 Å². The summed E-state index contributed by atoms with van der Waals surface area (Å²) in [6.45, 7) is 0. The third-order valence-electron chi connectivity index (χ3n) is 3.62. The first-order chi connectivity index (χ1) is 11.7. The number of halogens is 1. The number of aromatic nitrogens is 4. The second-order valence-corrected chi connectivity index (χ2v) is 5.59. The van der Waals surface area contributed by atoms with Gasteiger partial charge in [0.25, 0.3) is 5.91 Å². The van der Waals surface area contributed by atoms with Crippen molar-refractivity contribution in [2.75, 3.05) is 5.32 Å². The van der Waals surface area contributed by atoms with Crippen molar-refractivity contribution >= 4 is 34.2 Å². The molecule has 3 N–H and O–H groups in total. The number of hydrogen-bond acceptors (Lipinski definition) is 3. The zero-order chi connectivity index (χ0) is 16.5. The minimum absolute atomic E-state index is 0.306. The number of aromatic amines is 2. The van der Waals surface area contributed by atoms with Crippen molar-refractivity contribution in [2.24, 2.45) is 0 Å². The molecule has 0 spiro atoms. The normalized spacial score (nSPS) is 10.9. The van der Waals surface area contributed by atoms with Gasteiger partial charge in [0.1, 0.15) is 0 Å². The molecule has 0 radical (unpaired) electrons. The molecule has 0 saturated heterocycles. The zero-order valence-electron chi connectivity index (χ0n) is 12.4. The van der Waals surface area contributed by atoms with E-state index in [1.807, 2.05) is 24.3 Å². The molecule has 2 aromatic carbocycles. The molecule has 2 aromatic heterocycles. The Balaban J connectivity index is 1.68. The molecule has 6 nitrogen and oxygen atoms in total. The van der Waals surface area contributed by atoms with Gasteiger partial charge in [-0.2, -0.15) is 5.10 Å². The van der Waals surface area contributed by atoms with E-state index < -0.39 is 0 Å². The first-order valence-electron chi connectivity index (χ1n) is 7.27. The van der Waals surface area contributed by atoms with Crippen LogP contribution in [0, 0.1) is 0 Å². The molecule has 0 aliphatic heterocycles. The number of rotatable bonds is 3. The van der Waals surface area contributed by atoms with E-state index in [1.54, 1.807) is 30.5 Å². The van der Waals surface area contributed by atoms with Crippen molar-refractivity contribution in [3.63, 3.8) is 0 Å². The Kier molecular flexibility index (Phi) is 3.51. The molecule has 0 saturated carbocycles. The second kappa shape index (κ2) is 5.82. The van der Waals surface area contributed by atoms with Crippen LogP contribution in [0.5, 0.6) is 0 Å². The Bertz CT molecular complexity index is 1000. The van der Waals surface area contributed by atoms with Gasteiger partial charge in [0.2, 0.25) is 0 Å². The molecule has 0 atom stereocenters. The summed E-state index contributed by atoms with van der Waals surface area (Å²) >= 11 is 6.07. The predicted octanol–water partition coefficient (Wildman–Crippen LogP) is 3.86. The molecule has 7 heteroatoms. The molecule has 2 heterocycles. The Hall–Kier alpha value is -3.12. The number of nitrogens with one attached hydrogen (secondary N) is 3. The number of nitrogens with zero attached hydrogens (tertiary/aromatic N) is 2. The summed E-state index contributed by atoms with van der Waals surface area (Å²) in [6, 6.07) is 14.6. The van der Waals surface area contributed by atoms with E-state index >= 15 is 0 Å². The lowest BCUT2D eigenvalue weighted by atomic mass is 10.2. The van der Waals surface area contributed by atoms with E-state index in [9.17, 15) is 4.79 Å². The van der Waals surface area contributed by atoms with Crippen molar-refractivity contribution in [2.45, 2.75) is 0 Å². The summed E-state index contributed by atoms with van der Waals surface area (Å²) in [7, 11) is 0. The zero-order valence-corrected chi connectivity index (χ0v) is 13.1. The van der Waals surface area contributed by atoms with Crippen LogP contribution in [0.3, 0.4) is 0 Å². The molecule has 4 aromatic rings. The highest BCUT2D eigenvalue weighted by Gasteiger charge is 2.17. The quantitative estimate of drug-likeness (QED) is 0.530. The molecule has 0 aliphatic rings. The fraction of sp³-hybridized carbons (Fsp3) is 0. The summed E-state index contributed by atoms with van der Waals surface area (Å²) < 4.78 is 0. The van der Waals surface area contributed by atoms with Gasteiger partial charge in [0.15, 0.2) is 11.5 Å². The van der Waals surface area contributed by atoms with Gasteiger partial charge in [0.05, 0.1) is 27.3 Å². The minimum Gasteiger partial charge on any atom is -0.337 e. The highest BCUT2D eigenvalue weighted by Crippen LogP contribution is 2.26. The largest absolute Gasteiger partial charge is 0.337 e. The number of carbonyl (C=O) groups is 1. The van der Waals surface area contributed by atoms with Crippen LogP contribution < -0.4 is 5.32 Å². The average molecular weight is 338 g/mol. The standard InChI is InChI=1S/C17H12ClN5O/c18-11-6-2-1-5-10(11)17(24)22-14-9-19-23-15(14)16-20-12-7-3-4-8-13(12)21-16/h1-9H,(H,19,23)(H,20,21)(H,22,24). The fourth-order valence-electron chi connectivity index (χ4n) is 2.47. The first kappa shape index (κ1) is 14.5. The Labute approximate surface area is 141 Å². The van der Waals surface area contributed by atoms with E-state index in [-0.39, 0.29) is 5.91 Å². The first-order valence-corrected chi connectivity index (χ1v) is 7.65. The number of imidazole rings is 1. The molecule has 0 bridgehead atoms. The van der Waals surface area contributed by atoms with Crippen LogP contribution in [-0.2, 0) is 0 Å². The predicted molar refractivity (Wildman–Crippen MR) is 93.1 cm³/mol. The monoisotopic (exact) mass is 337 g/mol. The Morgan fingerprint density at radius 2 is 1.88 bits per heavy atom. The van der Waals surface area contributed by atoms with E-state index in [0.29, 0.717) is 27.8 Å². The van der Waals surface area contributed by atoms with E-state index in [0.717, 1.165) is 11.0 Å². The molecule has 0 unspecified atom stereocenters. The smallest absolute Gasteiger partial charge is 0.257 e.